The Morgan fingerprint density at radius 3 is 2.67 bits per heavy atom. The highest BCUT2D eigenvalue weighted by molar-refractivity contribution is 7.98. The number of aromatic nitrogens is 2. The molecule has 1 aromatic carbocycles. The van der Waals surface area contributed by atoms with E-state index in [-0.39, 0.29) is 0 Å². The van der Waals surface area contributed by atoms with E-state index in [0.717, 1.165) is 25.4 Å². The van der Waals surface area contributed by atoms with Crippen molar-refractivity contribution in [3.8, 4) is 0 Å². The van der Waals surface area contributed by atoms with Crippen LogP contribution in [0.5, 0.6) is 0 Å². The van der Waals surface area contributed by atoms with Crippen molar-refractivity contribution in [2.45, 2.75) is 44.5 Å². The number of hydrogen-bond acceptors (Lipinski definition) is 3. The van der Waals surface area contributed by atoms with Gasteiger partial charge in [0.2, 0.25) is 0 Å². The second-order valence-electron chi connectivity index (χ2n) is 5.63. The van der Waals surface area contributed by atoms with Crippen molar-refractivity contribution in [3.05, 3.63) is 48.0 Å². The maximum Gasteiger partial charge on any atom is 0.0948 e. The number of rotatable bonds is 8. The summed E-state index contributed by atoms with van der Waals surface area (Å²) in [6.45, 7) is 9.61. The van der Waals surface area contributed by atoms with E-state index in [1.165, 1.54) is 16.2 Å². The van der Waals surface area contributed by atoms with Crippen molar-refractivity contribution >= 4 is 11.8 Å². The predicted molar refractivity (Wildman–Crippen MR) is 90.4 cm³/mol. The van der Waals surface area contributed by atoms with Gasteiger partial charge in [0.1, 0.15) is 0 Å². The zero-order chi connectivity index (χ0) is 15.1. The van der Waals surface area contributed by atoms with Gasteiger partial charge in [0, 0.05) is 35.6 Å². The molecule has 1 N–H and O–H groups in total. The molecule has 0 aliphatic rings. The molecule has 0 saturated carbocycles. The smallest absolute Gasteiger partial charge is 0.0948 e. The third kappa shape index (κ3) is 5.21. The molecule has 0 radical (unpaired) electrons. The van der Waals surface area contributed by atoms with Crippen LogP contribution in [-0.2, 0) is 18.8 Å². The summed E-state index contributed by atoms with van der Waals surface area (Å²) in [6, 6.07) is 8.85. The summed E-state index contributed by atoms with van der Waals surface area (Å²) < 4.78 is 2.19. The topological polar surface area (TPSA) is 29.9 Å². The first kappa shape index (κ1) is 16.1. The molecule has 0 unspecified atom stereocenters. The van der Waals surface area contributed by atoms with E-state index in [1.807, 2.05) is 24.3 Å². The lowest BCUT2D eigenvalue weighted by Gasteiger charge is -2.08. The molecule has 0 saturated heterocycles. The van der Waals surface area contributed by atoms with Crippen LogP contribution in [0, 0.1) is 5.92 Å². The lowest BCUT2D eigenvalue weighted by atomic mass is 10.2. The first-order valence-electron chi connectivity index (χ1n) is 7.60. The molecule has 0 aliphatic heterocycles. The molecule has 1 heterocycles. The van der Waals surface area contributed by atoms with Gasteiger partial charge in [0.15, 0.2) is 0 Å². The van der Waals surface area contributed by atoms with Crippen molar-refractivity contribution in [1.82, 2.24) is 14.9 Å². The highest BCUT2D eigenvalue weighted by Gasteiger charge is 2.02. The van der Waals surface area contributed by atoms with Crippen molar-refractivity contribution in [2.75, 3.05) is 6.54 Å². The minimum atomic E-state index is 0.697. The number of imidazole rings is 1. The first-order chi connectivity index (χ1) is 10.2. The quantitative estimate of drug-likeness (QED) is 0.749. The molecule has 4 heteroatoms. The maximum absolute atomic E-state index is 4.21. The predicted octanol–water partition coefficient (Wildman–Crippen LogP) is 3.94. The number of nitrogens with one attached hydrogen (secondary N) is 1. The fraction of sp³-hybridized carbons (Fsp3) is 0.471. The van der Waals surface area contributed by atoms with Crippen LogP contribution in [0.2, 0.25) is 0 Å². The third-order valence-electron chi connectivity index (χ3n) is 3.33. The molecular weight excluding hydrogens is 278 g/mol. The summed E-state index contributed by atoms with van der Waals surface area (Å²) in [5.74, 6) is 1.67. The van der Waals surface area contributed by atoms with Gasteiger partial charge in [0.05, 0.1) is 6.33 Å². The number of nitrogens with zero attached hydrogens (tertiary/aromatic N) is 2. The van der Waals surface area contributed by atoms with Crippen LogP contribution in [0.25, 0.3) is 0 Å². The van der Waals surface area contributed by atoms with Crippen LogP contribution in [0.3, 0.4) is 0 Å². The average molecular weight is 303 g/mol. The fourth-order valence-electron chi connectivity index (χ4n) is 2.12. The number of benzene rings is 1. The Balaban J connectivity index is 1.82. The lowest BCUT2D eigenvalue weighted by molar-refractivity contribution is 0.552. The zero-order valence-electron chi connectivity index (χ0n) is 13.2. The minimum Gasteiger partial charge on any atom is -0.334 e. The zero-order valence-corrected chi connectivity index (χ0v) is 14.0. The Hall–Kier alpha value is -1.26. The van der Waals surface area contributed by atoms with Gasteiger partial charge >= 0.3 is 0 Å². The van der Waals surface area contributed by atoms with E-state index >= 15 is 0 Å². The summed E-state index contributed by atoms with van der Waals surface area (Å²) in [6.07, 6.45) is 3.86. The molecule has 2 aromatic rings. The van der Waals surface area contributed by atoms with Gasteiger partial charge in [-0.1, -0.05) is 26.0 Å². The molecule has 0 spiro atoms. The summed E-state index contributed by atoms with van der Waals surface area (Å²) >= 11 is 1.86. The molecule has 0 amide bonds. The van der Waals surface area contributed by atoms with E-state index in [2.05, 4.69) is 59.9 Å². The molecule has 2 rings (SSSR count). The highest BCUT2D eigenvalue weighted by atomic mass is 32.2. The first-order valence-corrected chi connectivity index (χ1v) is 8.59. The van der Waals surface area contributed by atoms with Crippen LogP contribution >= 0.6 is 11.8 Å². The Morgan fingerprint density at radius 2 is 2.00 bits per heavy atom. The van der Waals surface area contributed by atoms with Crippen LogP contribution < -0.4 is 5.32 Å². The van der Waals surface area contributed by atoms with Crippen molar-refractivity contribution < 1.29 is 0 Å². The standard InChI is InChI=1S/C17H25N3S/c1-4-20-13-19-11-16(20)12-21-17-7-5-15(6-8-17)10-18-9-14(2)3/h5-8,11,13-14,18H,4,9-10,12H2,1-3H3. The van der Waals surface area contributed by atoms with E-state index in [0.29, 0.717) is 5.92 Å². The third-order valence-corrected chi connectivity index (χ3v) is 4.38. The minimum absolute atomic E-state index is 0.697. The molecule has 1 aromatic heterocycles. The normalized spacial score (nSPS) is 11.2. The van der Waals surface area contributed by atoms with Crippen molar-refractivity contribution in [1.29, 1.82) is 0 Å². The van der Waals surface area contributed by atoms with E-state index in [9.17, 15) is 0 Å². The largest absolute Gasteiger partial charge is 0.334 e. The Bertz CT molecular complexity index is 531. The second-order valence-corrected chi connectivity index (χ2v) is 6.68. The molecular formula is C17H25N3S. The Morgan fingerprint density at radius 1 is 1.24 bits per heavy atom. The van der Waals surface area contributed by atoms with Gasteiger partial charge < -0.3 is 9.88 Å². The molecule has 0 aliphatic carbocycles. The number of thioether (sulfide) groups is 1. The monoisotopic (exact) mass is 303 g/mol. The van der Waals surface area contributed by atoms with E-state index in [1.54, 1.807) is 0 Å². The van der Waals surface area contributed by atoms with Gasteiger partial charge in [-0.15, -0.1) is 11.8 Å². The number of aryl methyl sites for hydroxylation is 1. The van der Waals surface area contributed by atoms with Gasteiger partial charge in [-0.2, -0.15) is 0 Å². The molecule has 0 atom stereocenters. The average Bonchev–Trinajstić information content (AvgIpc) is 2.93. The SMILES string of the molecule is CCn1cncc1CSc1ccc(CNCC(C)C)cc1. The summed E-state index contributed by atoms with van der Waals surface area (Å²) in [5.41, 5.74) is 2.63. The lowest BCUT2D eigenvalue weighted by Crippen LogP contribution is -2.18. The van der Waals surface area contributed by atoms with Crippen LogP contribution in [0.15, 0.2) is 41.7 Å². The van der Waals surface area contributed by atoms with E-state index in [4.69, 9.17) is 0 Å². The van der Waals surface area contributed by atoms with Gasteiger partial charge in [0.25, 0.3) is 0 Å². The van der Waals surface area contributed by atoms with Crippen LogP contribution in [0.1, 0.15) is 32.0 Å². The fourth-order valence-corrected chi connectivity index (χ4v) is 3.00. The summed E-state index contributed by atoms with van der Waals surface area (Å²) in [4.78, 5) is 5.52. The highest BCUT2D eigenvalue weighted by Crippen LogP contribution is 2.23. The molecule has 0 fully saturated rings. The van der Waals surface area contributed by atoms with Gasteiger partial charge in [-0.25, -0.2) is 4.98 Å². The summed E-state index contributed by atoms with van der Waals surface area (Å²) in [5, 5.41) is 3.47. The Labute approximate surface area is 132 Å². The Kier molecular flexibility index (Phi) is 6.33. The molecule has 3 nitrogen and oxygen atoms in total. The maximum atomic E-state index is 4.21. The van der Waals surface area contributed by atoms with Gasteiger partial charge in [-0.05, 0) is 37.1 Å². The molecule has 114 valence electrons. The molecule has 0 bridgehead atoms. The van der Waals surface area contributed by atoms with Gasteiger partial charge in [-0.3, -0.25) is 0 Å². The van der Waals surface area contributed by atoms with E-state index < -0.39 is 0 Å². The summed E-state index contributed by atoms with van der Waals surface area (Å²) in [7, 11) is 0. The van der Waals surface area contributed by atoms with Crippen molar-refractivity contribution in [2.24, 2.45) is 5.92 Å². The molecule has 21 heavy (non-hydrogen) atoms. The van der Waals surface area contributed by atoms with Crippen LogP contribution in [0.4, 0.5) is 0 Å². The second kappa shape index (κ2) is 8.25. The van der Waals surface area contributed by atoms with Crippen LogP contribution in [-0.4, -0.2) is 16.1 Å². The van der Waals surface area contributed by atoms with Crippen molar-refractivity contribution in [3.63, 3.8) is 0 Å². The number of hydrogen-bond donors (Lipinski definition) is 1.